The van der Waals surface area contributed by atoms with Gasteiger partial charge in [-0.25, -0.2) is 4.79 Å². The van der Waals surface area contributed by atoms with Gasteiger partial charge in [0.1, 0.15) is 5.75 Å². The summed E-state index contributed by atoms with van der Waals surface area (Å²) in [6.07, 6.45) is 4.39. The van der Waals surface area contributed by atoms with Crippen LogP contribution in [0.1, 0.15) is 31.7 Å². The molecule has 2 amide bonds. The maximum absolute atomic E-state index is 12.6. The Morgan fingerprint density at radius 3 is 2.92 bits per heavy atom. The number of methoxy groups -OCH3 is 1. The van der Waals surface area contributed by atoms with E-state index in [1.54, 1.807) is 7.11 Å². The number of hydrogen-bond donors (Lipinski definition) is 1. The normalized spacial score (nSPS) is 25.2. The molecule has 3 rings (SSSR count). The number of likely N-dealkylation sites (tertiary alicyclic amines) is 1. The highest BCUT2D eigenvalue weighted by molar-refractivity contribution is 5.74. The summed E-state index contributed by atoms with van der Waals surface area (Å²) in [5, 5.41) is 3.17. The van der Waals surface area contributed by atoms with Gasteiger partial charge in [-0.05, 0) is 57.4 Å². The Kier molecular flexibility index (Phi) is 5.29. The van der Waals surface area contributed by atoms with Crippen LogP contribution in [-0.2, 0) is 6.42 Å². The average Bonchev–Trinajstić information content (AvgIpc) is 2.79. The van der Waals surface area contributed by atoms with Crippen LogP contribution in [0.15, 0.2) is 24.3 Å². The molecule has 1 aromatic rings. The monoisotopic (exact) mass is 331 g/mol. The lowest BCUT2D eigenvalue weighted by Gasteiger charge is -2.27. The summed E-state index contributed by atoms with van der Waals surface area (Å²) >= 11 is 0. The van der Waals surface area contributed by atoms with Crippen molar-refractivity contribution in [2.75, 3.05) is 27.2 Å². The fourth-order valence-corrected chi connectivity index (χ4v) is 4.00. The number of carbonyl (C=O) groups excluding carboxylic acids is 1. The van der Waals surface area contributed by atoms with Gasteiger partial charge in [-0.1, -0.05) is 12.1 Å². The SMILES string of the molecule is COc1cccc(C[C@@H](C)NC(=O)N2CC[C@H]3CC[C@@H](C2)N3C)c1. The molecule has 2 saturated heterocycles. The molecule has 0 aromatic heterocycles. The quantitative estimate of drug-likeness (QED) is 0.922. The summed E-state index contributed by atoms with van der Waals surface area (Å²) < 4.78 is 5.26. The number of nitrogens with zero attached hydrogens (tertiary/aromatic N) is 2. The van der Waals surface area contributed by atoms with Crippen molar-refractivity contribution >= 4 is 6.03 Å². The number of benzene rings is 1. The van der Waals surface area contributed by atoms with E-state index >= 15 is 0 Å². The van der Waals surface area contributed by atoms with Crippen molar-refractivity contribution in [1.82, 2.24) is 15.1 Å². The number of carbonyl (C=O) groups is 1. The number of rotatable bonds is 4. The molecule has 0 aliphatic carbocycles. The van der Waals surface area contributed by atoms with Crippen LogP contribution in [0.25, 0.3) is 0 Å². The van der Waals surface area contributed by atoms with E-state index in [2.05, 4.69) is 30.3 Å². The molecule has 5 nitrogen and oxygen atoms in total. The van der Waals surface area contributed by atoms with Crippen molar-refractivity contribution in [3.63, 3.8) is 0 Å². The molecule has 2 aliphatic heterocycles. The standard InChI is InChI=1S/C19H29N3O2/c1-14(11-15-5-4-6-18(12-15)24-3)20-19(23)22-10-9-16-7-8-17(13-22)21(16)2/h4-6,12,14,16-17H,7-11,13H2,1-3H3,(H,20,23)/t14-,16-,17+/m1/s1. The predicted octanol–water partition coefficient (Wildman–Crippen LogP) is 2.50. The van der Waals surface area contributed by atoms with Gasteiger partial charge in [-0.2, -0.15) is 0 Å². The highest BCUT2D eigenvalue weighted by Gasteiger charge is 2.36. The van der Waals surface area contributed by atoms with Crippen LogP contribution in [0, 0.1) is 0 Å². The third-order valence-corrected chi connectivity index (χ3v) is 5.48. The zero-order valence-corrected chi connectivity index (χ0v) is 15.0. The molecule has 2 bridgehead atoms. The zero-order valence-electron chi connectivity index (χ0n) is 15.0. The summed E-state index contributed by atoms with van der Waals surface area (Å²) in [6.45, 7) is 3.78. The van der Waals surface area contributed by atoms with E-state index in [4.69, 9.17) is 4.74 Å². The fourth-order valence-electron chi connectivity index (χ4n) is 4.00. The molecule has 2 heterocycles. The number of amides is 2. The minimum Gasteiger partial charge on any atom is -0.497 e. The van der Waals surface area contributed by atoms with Crippen LogP contribution in [0.5, 0.6) is 5.75 Å². The van der Waals surface area contributed by atoms with E-state index in [1.165, 1.54) is 18.4 Å². The second-order valence-electron chi connectivity index (χ2n) is 7.19. The first-order chi connectivity index (χ1) is 11.6. The molecule has 2 fully saturated rings. The van der Waals surface area contributed by atoms with Crippen LogP contribution in [0.2, 0.25) is 0 Å². The smallest absolute Gasteiger partial charge is 0.317 e. The fraction of sp³-hybridized carbons (Fsp3) is 0.632. The van der Waals surface area contributed by atoms with E-state index < -0.39 is 0 Å². The van der Waals surface area contributed by atoms with Gasteiger partial charge < -0.3 is 15.0 Å². The van der Waals surface area contributed by atoms with Gasteiger partial charge >= 0.3 is 6.03 Å². The molecule has 24 heavy (non-hydrogen) atoms. The maximum Gasteiger partial charge on any atom is 0.317 e. The van der Waals surface area contributed by atoms with Crippen molar-refractivity contribution in [2.24, 2.45) is 0 Å². The Morgan fingerprint density at radius 2 is 2.12 bits per heavy atom. The molecule has 132 valence electrons. The topological polar surface area (TPSA) is 44.8 Å². The molecule has 1 N–H and O–H groups in total. The van der Waals surface area contributed by atoms with Gasteiger partial charge in [0.15, 0.2) is 0 Å². The molecule has 2 aliphatic rings. The molecule has 0 radical (unpaired) electrons. The number of urea groups is 1. The summed E-state index contributed by atoms with van der Waals surface area (Å²) in [4.78, 5) is 17.1. The van der Waals surface area contributed by atoms with Crippen LogP contribution in [0.4, 0.5) is 4.79 Å². The Hall–Kier alpha value is -1.75. The summed E-state index contributed by atoms with van der Waals surface area (Å²) in [5.41, 5.74) is 1.18. The number of nitrogens with one attached hydrogen (secondary N) is 1. The number of hydrogen-bond acceptors (Lipinski definition) is 3. The van der Waals surface area contributed by atoms with Gasteiger partial charge in [-0.3, -0.25) is 4.90 Å². The van der Waals surface area contributed by atoms with Crippen molar-refractivity contribution in [1.29, 1.82) is 0 Å². The highest BCUT2D eigenvalue weighted by atomic mass is 16.5. The minimum atomic E-state index is 0.0753. The van der Waals surface area contributed by atoms with Gasteiger partial charge in [0.05, 0.1) is 7.11 Å². The summed E-state index contributed by atoms with van der Waals surface area (Å²) in [6, 6.07) is 9.39. The van der Waals surface area contributed by atoms with Crippen LogP contribution in [0.3, 0.4) is 0 Å². The maximum atomic E-state index is 12.6. The van der Waals surface area contributed by atoms with Crippen molar-refractivity contribution in [2.45, 2.75) is 50.7 Å². The first-order valence-electron chi connectivity index (χ1n) is 8.97. The van der Waals surface area contributed by atoms with E-state index in [-0.39, 0.29) is 12.1 Å². The molecule has 1 aromatic carbocycles. The van der Waals surface area contributed by atoms with Crippen LogP contribution >= 0.6 is 0 Å². The van der Waals surface area contributed by atoms with E-state index in [0.29, 0.717) is 12.1 Å². The lowest BCUT2D eigenvalue weighted by Crippen LogP contribution is -2.47. The zero-order chi connectivity index (χ0) is 17.1. The van der Waals surface area contributed by atoms with Gasteiger partial charge in [0.2, 0.25) is 0 Å². The first-order valence-corrected chi connectivity index (χ1v) is 8.97. The van der Waals surface area contributed by atoms with Crippen LogP contribution in [-0.4, -0.2) is 61.2 Å². The highest BCUT2D eigenvalue weighted by Crippen LogP contribution is 2.28. The molecule has 3 atom stereocenters. The minimum absolute atomic E-state index is 0.0753. The second-order valence-corrected chi connectivity index (χ2v) is 7.19. The number of likely N-dealkylation sites (N-methyl/N-ethyl adjacent to an activating group) is 1. The van der Waals surface area contributed by atoms with E-state index in [0.717, 1.165) is 31.7 Å². The van der Waals surface area contributed by atoms with Crippen molar-refractivity contribution in [3.05, 3.63) is 29.8 Å². The molecular weight excluding hydrogens is 302 g/mol. The Bertz CT molecular complexity index is 577. The number of fused-ring (bicyclic) bond motifs is 2. The summed E-state index contributed by atoms with van der Waals surface area (Å²) in [5.74, 6) is 0.859. The molecule has 0 spiro atoms. The molecule has 0 unspecified atom stereocenters. The average molecular weight is 331 g/mol. The summed E-state index contributed by atoms with van der Waals surface area (Å²) in [7, 11) is 3.88. The second kappa shape index (κ2) is 7.43. The third kappa shape index (κ3) is 3.83. The van der Waals surface area contributed by atoms with E-state index in [1.807, 2.05) is 23.1 Å². The van der Waals surface area contributed by atoms with Crippen molar-refractivity contribution < 1.29 is 9.53 Å². The predicted molar refractivity (Wildman–Crippen MR) is 95.5 cm³/mol. The van der Waals surface area contributed by atoms with Crippen LogP contribution < -0.4 is 10.1 Å². The Labute approximate surface area is 145 Å². The lowest BCUT2D eigenvalue weighted by atomic mass is 10.1. The largest absolute Gasteiger partial charge is 0.497 e. The van der Waals surface area contributed by atoms with Gasteiger partial charge in [0.25, 0.3) is 0 Å². The molecular formula is C19H29N3O2. The molecule has 0 saturated carbocycles. The Balaban J connectivity index is 1.54. The van der Waals surface area contributed by atoms with Gasteiger partial charge in [-0.15, -0.1) is 0 Å². The molecule has 5 heteroatoms. The first kappa shape index (κ1) is 17.1. The van der Waals surface area contributed by atoms with E-state index in [9.17, 15) is 4.79 Å². The Morgan fingerprint density at radius 1 is 1.33 bits per heavy atom. The lowest BCUT2D eigenvalue weighted by molar-refractivity contribution is 0.185. The third-order valence-electron chi connectivity index (χ3n) is 5.48. The van der Waals surface area contributed by atoms with Crippen molar-refractivity contribution in [3.8, 4) is 5.75 Å². The van der Waals surface area contributed by atoms with Gasteiger partial charge in [0, 0.05) is 31.2 Å². The number of ether oxygens (including phenoxy) is 1.